The van der Waals surface area contributed by atoms with Crippen LogP contribution in [0, 0.1) is 0 Å². The first-order valence-corrected chi connectivity index (χ1v) is 7.14. The van der Waals surface area contributed by atoms with E-state index in [1.165, 1.54) is 12.5 Å². The molecule has 2 aromatic rings. The number of aromatic nitrogens is 4. The zero-order valence-corrected chi connectivity index (χ0v) is 11.1. The largest absolute Gasteiger partial charge is 0.383 e. The van der Waals surface area contributed by atoms with Gasteiger partial charge in [0.1, 0.15) is 12.2 Å². The molecule has 0 aliphatic carbocycles. The molecule has 0 amide bonds. The van der Waals surface area contributed by atoms with E-state index in [0.29, 0.717) is 18.1 Å². The fourth-order valence-electron chi connectivity index (χ4n) is 1.48. The quantitative estimate of drug-likeness (QED) is 0.693. The molecule has 0 bridgehead atoms. The van der Waals surface area contributed by atoms with E-state index in [1.807, 2.05) is 6.92 Å². The summed E-state index contributed by atoms with van der Waals surface area (Å²) in [4.78, 5) is 7.75. The predicted octanol–water partition coefficient (Wildman–Crippen LogP) is 0.110. The van der Waals surface area contributed by atoms with Crippen molar-refractivity contribution in [1.82, 2.24) is 24.9 Å². The van der Waals surface area contributed by atoms with E-state index in [1.54, 1.807) is 12.1 Å². The van der Waals surface area contributed by atoms with Crippen molar-refractivity contribution in [3.05, 3.63) is 30.5 Å². The van der Waals surface area contributed by atoms with Crippen LogP contribution in [0.5, 0.6) is 0 Å². The van der Waals surface area contributed by atoms with Crippen LogP contribution >= 0.6 is 0 Å². The van der Waals surface area contributed by atoms with Gasteiger partial charge in [-0.3, -0.25) is 5.10 Å². The lowest BCUT2D eigenvalue weighted by atomic mass is 10.4. The molecule has 102 valence electrons. The Morgan fingerprint density at radius 1 is 1.37 bits per heavy atom. The van der Waals surface area contributed by atoms with Gasteiger partial charge >= 0.3 is 0 Å². The molecular formula is C10H14N6O2S. The van der Waals surface area contributed by atoms with Crippen molar-refractivity contribution in [2.45, 2.75) is 18.5 Å². The molecule has 0 saturated heterocycles. The highest BCUT2D eigenvalue weighted by atomic mass is 32.2. The molecule has 0 fully saturated rings. The maximum Gasteiger partial charge on any atom is 0.260 e. The number of nitrogens with one attached hydrogen (secondary N) is 3. The number of hydrogen-bond donors (Lipinski definition) is 3. The summed E-state index contributed by atoms with van der Waals surface area (Å²) in [6.45, 7) is 2.52. The zero-order valence-electron chi connectivity index (χ0n) is 10.3. The normalized spacial score (nSPS) is 11.4. The van der Waals surface area contributed by atoms with Gasteiger partial charge in [0.2, 0.25) is 0 Å². The fourth-order valence-corrected chi connectivity index (χ4v) is 2.57. The molecule has 19 heavy (non-hydrogen) atoms. The molecule has 2 heterocycles. The van der Waals surface area contributed by atoms with Crippen molar-refractivity contribution >= 4 is 15.7 Å². The Hall–Kier alpha value is -2.00. The maximum atomic E-state index is 12.1. The van der Waals surface area contributed by atoms with Crippen molar-refractivity contribution in [3.63, 3.8) is 0 Å². The molecule has 0 radical (unpaired) electrons. The van der Waals surface area contributed by atoms with Gasteiger partial charge in [0.25, 0.3) is 10.0 Å². The molecule has 0 saturated carbocycles. The van der Waals surface area contributed by atoms with Crippen LogP contribution in [0.25, 0.3) is 0 Å². The van der Waals surface area contributed by atoms with Crippen LogP contribution in [0.3, 0.4) is 0 Å². The summed E-state index contributed by atoms with van der Waals surface area (Å²) in [6, 6.07) is 3.34. The molecule has 0 aliphatic rings. The topological polar surface area (TPSA) is 113 Å². The van der Waals surface area contributed by atoms with Crippen LogP contribution in [0.4, 0.5) is 5.69 Å². The van der Waals surface area contributed by atoms with E-state index >= 15 is 0 Å². The van der Waals surface area contributed by atoms with Crippen LogP contribution in [0.2, 0.25) is 0 Å². The third-order valence-corrected chi connectivity index (χ3v) is 3.65. The molecular weight excluding hydrogens is 268 g/mol. The van der Waals surface area contributed by atoms with E-state index in [0.717, 1.165) is 0 Å². The Morgan fingerprint density at radius 3 is 2.89 bits per heavy atom. The number of aromatic amines is 1. The van der Waals surface area contributed by atoms with Crippen LogP contribution < -0.4 is 10.0 Å². The van der Waals surface area contributed by atoms with Gasteiger partial charge in [0.15, 0.2) is 5.03 Å². The highest BCUT2D eigenvalue weighted by Gasteiger charge is 2.19. The Labute approximate surface area is 110 Å². The summed E-state index contributed by atoms with van der Waals surface area (Å²) in [5, 5.41) is 9.15. The minimum Gasteiger partial charge on any atom is -0.383 e. The summed E-state index contributed by atoms with van der Waals surface area (Å²) >= 11 is 0. The lowest BCUT2D eigenvalue weighted by molar-refractivity contribution is 0.576. The van der Waals surface area contributed by atoms with Gasteiger partial charge in [-0.1, -0.05) is 0 Å². The van der Waals surface area contributed by atoms with Crippen molar-refractivity contribution in [1.29, 1.82) is 0 Å². The number of sulfonamides is 1. The molecule has 2 aromatic heterocycles. The minimum atomic E-state index is -3.70. The molecule has 8 nitrogen and oxygen atoms in total. The first kappa shape index (κ1) is 13.4. The zero-order chi connectivity index (χ0) is 13.7. The van der Waals surface area contributed by atoms with Gasteiger partial charge in [0.05, 0.1) is 12.2 Å². The second kappa shape index (κ2) is 5.76. The summed E-state index contributed by atoms with van der Waals surface area (Å²) in [7, 11) is -3.70. The first-order chi connectivity index (χ1) is 9.13. The monoisotopic (exact) mass is 282 g/mol. The molecule has 0 unspecified atom stereocenters. The van der Waals surface area contributed by atoms with Crippen molar-refractivity contribution in [2.24, 2.45) is 0 Å². The van der Waals surface area contributed by atoms with Crippen molar-refractivity contribution < 1.29 is 8.42 Å². The van der Waals surface area contributed by atoms with Gasteiger partial charge in [-0.05, 0) is 19.1 Å². The Bertz CT molecular complexity index is 625. The Morgan fingerprint density at radius 2 is 2.21 bits per heavy atom. The smallest absolute Gasteiger partial charge is 0.260 e. The molecule has 0 atom stereocenters. The Balaban J connectivity index is 2.19. The summed E-state index contributed by atoms with van der Waals surface area (Å²) in [5.41, 5.74) is 0.468. The predicted molar refractivity (Wildman–Crippen MR) is 68.8 cm³/mol. The second-order valence-electron chi connectivity index (χ2n) is 3.64. The number of rotatable bonds is 6. The van der Waals surface area contributed by atoms with E-state index in [4.69, 9.17) is 0 Å². The number of nitrogens with zero attached hydrogens (tertiary/aromatic N) is 3. The van der Waals surface area contributed by atoms with Crippen molar-refractivity contribution in [3.8, 4) is 0 Å². The standard InChI is InChI=1S/C10H14N6O2S/c1-2-11-8-4-3-5-12-10(8)19(17,18)15-6-9-13-7-14-16-9/h3-5,7,11,15H,2,6H2,1H3,(H,13,14,16). The van der Waals surface area contributed by atoms with E-state index < -0.39 is 10.0 Å². The SMILES string of the molecule is CCNc1cccnc1S(=O)(=O)NCc1ncn[nH]1. The number of hydrogen-bond acceptors (Lipinski definition) is 6. The third kappa shape index (κ3) is 3.26. The van der Waals surface area contributed by atoms with Crippen LogP contribution in [0.1, 0.15) is 12.7 Å². The highest BCUT2D eigenvalue weighted by molar-refractivity contribution is 7.89. The number of anilines is 1. The van der Waals surface area contributed by atoms with Gasteiger partial charge < -0.3 is 5.32 Å². The lowest BCUT2D eigenvalue weighted by Crippen LogP contribution is -2.25. The van der Waals surface area contributed by atoms with Gasteiger partial charge in [-0.2, -0.15) is 5.10 Å². The summed E-state index contributed by atoms with van der Waals surface area (Å²) in [5.74, 6) is 0.435. The Kier molecular flexibility index (Phi) is 4.07. The van der Waals surface area contributed by atoms with Gasteiger partial charge in [-0.25, -0.2) is 23.1 Å². The molecule has 0 aliphatic heterocycles. The second-order valence-corrected chi connectivity index (χ2v) is 5.33. The van der Waals surface area contributed by atoms with E-state index in [9.17, 15) is 8.42 Å². The molecule has 0 spiro atoms. The van der Waals surface area contributed by atoms with Gasteiger partial charge in [-0.15, -0.1) is 0 Å². The fraction of sp³-hybridized carbons (Fsp3) is 0.300. The lowest BCUT2D eigenvalue weighted by Gasteiger charge is -2.10. The average Bonchev–Trinajstić information content (AvgIpc) is 2.91. The maximum absolute atomic E-state index is 12.1. The van der Waals surface area contributed by atoms with Gasteiger partial charge in [0, 0.05) is 12.7 Å². The van der Waals surface area contributed by atoms with Crippen LogP contribution in [-0.4, -0.2) is 35.1 Å². The molecule has 9 heteroatoms. The highest BCUT2D eigenvalue weighted by Crippen LogP contribution is 2.17. The number of H-pyrrole nitrogens is 1. The third-order valence-electron chi connectivity index (χ3n) is 2.29. The van der Waals surface area contributed by atoms with E-state index in [2.05, 4.69) is 30.2 Å². The minimum absolute atomic E-state index is 0.0311. The average molecular weight is 282 g/mol. The van der Waals surface area contributed by atoms with Crippen LogP contribution in [0.15, 0.2) is 29.7 Å². The molecule has 0 aromatic carbocycles. The van der Waals surface area contributed by atoms with Crippen molar-refractivity contribution in [2.75, 3.05) is 11.9 Å². The molecule has 3 N–H and O–H groups in total. The van der Waals surface area contributed by atoms with Crippen LogP contribution in [-0.2, 0) is 16.6 Å². The summed E-state index contributed by atoms with van der Waals surface area (Å²) < 4.78 is 26.7. The number of pyridine rings is 1. The first-order valence-electron chi connectivity index (χ1n) is 5.66. The summed E-state index contributed by atoms with van der Waals surface area (Å²) in [6.07, 6.45) is 2.75. The molecule has 2 rings (SSSR count). The van der Waals surface area contributed by atoms with E-state index in [-0.39, 0.29) is 11.6 Å².